The van der Waals surface area contributed by atoms with Crippen LogP contribution in [0.3, 0.4) is 0 Å². The Hall–Kier alpha value is -3.87. The Labute approximate surface area is 196 Å². The minimum atomic E-state index is -1.63. The molecule has 3 heterocycles. The maximum Gasteiger partial charge on any atom is 0.241 e. The van der Waals surface area contributed by atoms with Gasteiger partial charge in [-0.3, -0.25) is 9.29 Å². The van der Waals surface area contributed by atoms with E-state index in [9.17, 15) is 8.60 Å². The molecule has 0 aliphatic heterocycles. The van der Waals surface area contributed by atoms with Gasteiger partial charge in [0.05, 0.1) is 43.1 Å². The van der Waals surface area contributed by atoms with Crippen LogP contribution in [0.4, 0.5) is 10.3 Å². The van der Waals surface area contributed by atoms with E-state index in [1.165, 1.54) is 20.5 Å². The van der Waals surface area contributed by atoms with Gasteiger partial charge in [-0.25, -0.2) is 18.6 Å². The molecule has 4 aromatic rings. The number of aryl methyl sites for hydroxylation is 1. The van der Waals surface area contributed by atoms with Gasteiger partial charge in [0.2, 0.25) is 5.95 Å². The summed E-state index contributed by atoms with van der Waals surface area (Å²) in [5.41, 5.74) is 1.69. The molecule has 178 valence electrons. The summed E-state index contributed by atoms with van der Waals surface area (Å²) in [7, 11) is 1.43. The first-order chi connectivity index (χ1) is 16.4. The molecule has 0 fully saturated rings. The lowest BCUT2D eigenvalue weighted by atomic mass is 10.2. The van der Waals surface area contributed by atoms with Crippen molar-refractivity contribution in [2.75, 3.05) is 18.9 Å². The lowest BCUT2D eigenvalue weighted by Gasteiger charge is -2.18. The third kappa shape index (κ3) is 4.59. The van der Waals surface area contributed by atoms with E-state index in [1.807, 2.05) is 0 Å². The second-order valence-electron chi connectivity index (χ2n) is 7.24. The molecule has 0 bridgehead atoms. The molecule has 0 saturated heterocycles. The minimum Gasteiger partial charge on any atom is -0.494 e. The first-order valence-electron chi connectivity index (χ1n) is 10.1. The van der Waals surface area contributed by atoms with Gasteiger partial charge in [0.25, 0.3) is 0 Å². The highest BCUT2D eigenvalue weighted by atomic mass is 32.2. The number of methoxy groups -OCH3 is 2. The number of hydrogen-bond donors (Lipinski definition) is 1. The molecule has 34 heavy (non-hydrogen) atoms. The SMILES string of the molecule is COc1cccc(OC)c1-n1c(NS(=O)C(C)Cc2ncc(F)cn2)nnc1-c1conc1C. The minimum absolute atomic E-state index is 0.184. The molecule has 11 nitrogen and oxygen atoms in total. The van der Waals surface area contributed by atoms with Crippen LogP contribution in [0.1, 0.15) is 18.4 Å². The molecule has 2 unspecified atom stereocenters. The lowest BCUT2D eigenvalue weighted by Crippen LogP contribution is -2.23. The van der Waals surface area contributed by atoms with Crippen molar-refractivity contribution in [2.45, 2.75) is 25.5 Å². The van der Waals surface area contributed by atoms with Gasteiger partial charge in [0.15, 0.2) is 11.6 Å². The van der Waals surface area contributed by atoms with Crippen molar-refractivity contribution in [3.63, 3.8) is 0 Å². The quantitative estimate of drug-likeness (QED) is 0.379. The van der Waals surface area contributed by atoms with Gasteiger partial charge < -0.3 is 14.0 Å². The third-order valence-corrected chi connectivity index (χ3v) is 6.26. The maximum absolute atomic E-state index is 13.1. The van der Waals surface area contributed by atoms with Crippen molar-refractivity contribution in [2.24, 2.45) is 0 Å². The fourth-order valence-corrected chi connectivity index (χ4v) is 4.08. The Balaban J connectivity index is 1.74. The number of halogens is 1. The van der Waals surface area contributed by atoms with Gasteiger partial charge in [0.1, 0.15) is 40.3 Å². The molecule has 1 aromatic carbocycles. The zero-order valence-corrected chi connectivity index (χ0v) is 19.7. The topological polar surface area (TPSA) is 130 Å². The number of hydrogen-bond acceptors (Lipinski definition) is 9. The second-order valence-corrected chi connectivity index (χ2v) is 8.84. The van der Waals surface area contributed by atoms with Crippen LogP contribution in [0, 0.1) is 12.7 Å². The van der Waals surface area contributed by atoms with E-state index < -0.39 is 22.1 Å². The summed E-state index contributed by atoms with van der Waals surface area (Å²) in [6, 6.07) is 5.31. The standard InChI is InChI=1S/C21H22FN7O4S/c1-12(8-18-23-9-14(22)10-24-18)34(30)28-21-26-25-20(15-11-33-27-13(15)2)29(21)19-16(31-3)6-5-7-17(19)32-4/h5-7,9-12H,8H2,1-4H3,(H,26,28). The molecule has 4 rings (SSSR count). The zero-order valence-electron chi connectivity index (χ0n) is 18.9. The Morgan fingerprint density at radius 3 is 2.44 bits per heavy atom. The van der Waals surface area contributed by atoms with Crippen molar-refractivity contribution in [1.82, 2.24) is 29.9 Å². The van der Waals surface area contributed by atoms with Gasteiger partial charge in [0, 0.05) is 6.42 Å². The monoisotopic (exact) mass is 487 g/mol. The molecule has 0 spiro atoms. The number of nitrogens with zero attached hydrogens (tertiary/aromatic N) is 6. The van der Waals surface area contributed by atoms with Crippen LogP contribution in [-0.2, 0) is 17.4 Å². The molecule has 0 radical (unpaired) electrons. The van der Waals surface area contributed by atoms with Crippen LogP contribution >= 0.6 is 0 Å². The predicted octanol–water partition coefficient (Wildman–Crippen LogP) is 2.88. The van der Waals surface area contributed by atoms with Crippen molar-refractivity contribution >= 4 is 16.9 Å². The molecule has 3 aromatic heterocycles. The normalized spacial score (nSPS) is 12.9. The number of ether oxygens (including phenoxy) is 2. The van der Waals surface area contributed by atoms with E-state index in [0.29, 0.717) is 40.1 Å². The number of para-hydroxylation sites is 1. The molecule has 0 amide bonds. The summed E-state index contributed by atoms with van der Waals surface area (Å²) in [4.78, 5) is 7.87. The third-order valence-electron chi connectivity index (χ3n) is 4.98. The molecule has 2 atom stereocenters. The molecule has 0 saturated carbocycles. The maximum atomic E-state index is 13.1. The van der Waals surface area contributed by atoms with Gasteiger partial charge in [-0.05, 0) is 26.0 Å². The summed E-state index contributed by atoms with van der Waals surface area (Å²) >= 11 is 0. The lowest BCUT2D eigenvalue weighted by molar-refractivity contribution is 0.391. The van der Waals surface area contributed by atoms with E-state index in [2.05, 4.69) is 30.0 Å². The molecular weight excluding hydrogens is 465 g/mol. The van der Waals surface area contributed by atoms with Gasteiger partial charge in [-0.2, -0.15) is 0 Å². The van der Waals surface area contributed by atoms with Crippen molar-refractivity contribution in [1.29, 1.82) is 0 Å². The number of benzene rings is 1. The van der Waals surface area contributed by atoms with Crippen LogP contribution in [0.25, 0.3) is 17.1 Å². The first kappa shape index (κ1) is 23.3. The predicted molar refractivity (Wildman–Crippen MR) is 122 cm³/mol. The van der Waals surface area contributed by atoms with Crippen molar-refractivity contribution in [3.05, 3.63) is 54.2 Å². The first-order valence-corrected chi connectivity index (χ1v) is 11.4. The number of nitrogens with one attached hydrogen (secondary N) is 1. The largest absolute Gasteiger partial charge is 0.494 e. The number of rotatable bonds is 9. The Morgan fingerprint density at radius 2 is 1.85 bits per heavy atom. The molecule has 1 N–H and O–H groups in total. The van der Waals surface area contributed by atoms with Gasteiger partial charge in [-0.1, -0.05) is 11.2 Å². The highest BCUT2D eigenvalue weighted by Gasteiger charge is 2.26. The summed E-state index contributed by atoms with van der Waals surface area (Å²) in [5.74, 6) is 1.37. The molecule has 0 aliphatic rings. The van der Waals surface area contributed by atoms with Crippen molar-refractivity contribution < 1.29 is 22.6 Å². The van der Waals surface area contributed by atoms with E-state index in [1.54, 1.807) is 36.6 Å². The van der Waals surface area contributed by atoms with Gasteiger partial charge >= 0.3 is 0 Å². The van der Waals surface area contributed by atoms with Gasteiger partial charge in [-0.15, -0.1) is 10.2 Å². The van der Waals surface area contributed by atoms with E-state index >= 15 is 0 Å². The summed E-state index contributed by atoms with van der Waals surface area (Å²) in [6.07, 6.45) is 3.85. The van der Waals surface area contributed by atoms with Crippen LogP contribution in [0.2, 0.25) is 0 Å². The highest BCUT2D eigenvalue weighted by molar-refractivity contribution is 7.86. The second kappa shape index (κ2) is 9.95. The average Bonchev–Trinajstić information content (AvgIpc) is 3.45. The van der Waals surface area contributed by atoms with Crippen LogP contribution in [0.15, 0.2) is 41.4 Å². The fraction of sp³-hybridized carbons (Fsp3) is 0.286. The van der Waals surface area contributed by atoms with Crippen molar-refractivity contribution in [3.8, 4) is 28.6 Å². The van der Waals surface area contributed by atoms with Crippen LogP contribution in [0.5, 0.6) is 11.5 Å². The average molecular weight is 488 g/mol. The molecular formula is C21H22FN7O4S. The zero-order chi connectivity index (χ0) is 24.2. The van der Waals surface area contributed by atoms with Crippen LogP contribution < -0.4 is 14.2 Å². The summed E-state index contributed by atoms with van der Waals surface area (Å²) in [6.45, 7) is 3.53. The Kier molecular flexibility index (Phi) is 6.82. The Morgan fingerprint density at radius 1 is 1.18 bits per heavy atom. The van der Waals surface area contributed by atoms with E-state index in [-0.39, 0.29) is 12.4 Å². The van der Waals surface area contributed by atoms with E-state index in [4.69, 9.17) is 14.0 Å². The van der Waals surface area contributed by atoms with E-state index in [0.717, 1.165) is 12.4 Å². The number of aromatic nitrogens is 6. The fourth-order valence-electron chi connectivity index (χ4n) is 3.26. The number of anilines is 1. The summed E-state index contributed by atoms with van der Waals surface area (Å²) < 4.78 is 47.0. The smallest absolute Gasteiger partial charge is 0.241 e. The Bertz CT molecular complexity index is 1290. The molecule has 13 heteroatoms. The summed E-state index contributed by atoms with van der Waals surface area (Å²) in [5, 5.41) is 12.0. The molecule has 0 aliphatic carbocycles. The van der Waals surface area contributed by atoms with Crippen LogP contribution in [-0.4, -0.2) is 53.6 Å². The highest BCUT2D eigenvalue weighted by Crippen LogP contribution is 2.38.